The van der Waals surface area contributed by atoms with Crippen LogP contribution in [0.3, 0.4) is 0 Å². The van der Waals surface area contributed by atoms with Gasteiger partial charge in [-0.15, -0.1) is 0 Å². The van der Waals surface area contributed by atoms with Crippen molar-refractivity contribution < 1.29 is 19.3 Å². The Bertz CT molecular complexity index is 601. The third-order valence-electron chi connectivity index (χ3n) is 9.84. The van der Waals surface area contributed by atoms with E-state index in [0.717, 1.165) is 50.7 Å². The Hall–Kier alpha value is -0.160. The van der Waals surface area contributed by atoms with E-state index in [1.807, 2.05) is 0 Å². The molecule has 2 aliphatic heterocycles. The Morgan fingerprint density at radius 3 is 2.52 bits per heavy atom. The van der Waals surface area contributed by atoms with Crippen LogP contribution in [-0.2, 0) is 14.2 Å². The molecule has 0 unspecified atom stereocenters. The standard InChI is InChI=1S/C21H32O4/c1-18-6-5-15-13(14(18)3-4-16(18)22)11-17-21(25-17)12-20(23-9-10-24-20)8-7-19(15,21)2/h13-17,22H,3-12H2,1-2H3/t13-,14-,15-,16-,17+,18-,19+,21+/m0/s1. The molecule has 6 rings (SSSR count). The lowest BCUT2D eigenvalue weighted by atomic mass is 9.44. The van der Waals surface area contributed by atoms with Gasteiger partial charge in [-0.25, -0.2) is 0 Å². The van der Waals surface area contributed by atoms with Crippen LogP contribution in [0.1, 0.15) is 65.2 Å². The van der Waals surface area contributed by atoms with Gasteiger partial charge in [0.05, 0.1) is 25.4 Å². The number of hydrogen-bond acceptors (Lipinski definition) is 4. The number of rotatable bonds is 0. The van der Waals surface area contributed by atoms with E-state index < -0.39 is 0 Å². The quantitative estimate of drug-likeness (QED) is 0.683. The van der Waals surface area contributed by atoms with E-state index >= 15 is 0 Å². The lowest BCUT2D eigenvalue weighted by Gasteiger charge is -2.59. The lowest BCUT2D eigenvalue weighted by molar-refractivity contribution is -0.227. The zero-order valence-corrected chi connectivity index (χ0v) is 15.6. The number of epoxide rings is 1. The molecule has 0 aromatic carbocycles. The van der Waals surface area contributed by atoms with Gasteiger partial charge in [0, 0.05) is 18.3 Å². The first-order chi connectivity index (χ1) is 11.9. The molecule has 1 N–H and O–H groups in total. The van der Waals surface area contributed by atoms with Crippen molar-refractivity contribution in [3.8, 4) is 0 Å². The molecule has 0 aromatic heterocycles. The third kappa shape index (κ3) is 1.74. The molecule has 0 radical (unpaired) electrons. The number of fused-ring (bicyclic) bond motifs is 4. The van der Waals surface area contributed by atoms with E-state index in [2.05, 4.69) is 13.8 Å². The topological polar surface area (TPSA) is 51.2 Å². The van der Waals surface area contributed by atoms with Crippen molar-refractivity contribution in [2.75, 3.05) is 13.2 Å². The normalized spacial score (nSPS) is 61.3. The van der Waals surface area contributed by atoms with Crippen LogP contribution in [0, 0.1) is 28.6 Å². The molecule has 4 aliphatic carbocycles. The van der Waals surface area contributed by atoms with Crippen molar-refractivity contribution in [3.63, 3.8) is 0 Å². The summed E-state index contributed by atoms with van der Waals surface area (Å²) < 4.78 is 18.7. The molecule has 4 saturated carbocycles. The van der Waals surface area contributed by atoms with Crippen LogP contribution in [0.5, 0.6) is 0 Å². The second kappa shape index (κ2) is 4.63. The highest BCUT2D eigenvalue weighted by atomic mass is 16.7. The molecule has 140 valence electrons. The Balaban J connectivity index is 1.35. The minimum Gasteiger partial charge on any atom is -0.393 e. The predicted molar refractivity (Wildman–Crippen MR) is 91.9 cm³/mol. The summed E-state index contributed by atoms with van der Waals surface area (Å²) in [6.45, 7) is 6.35. The van der Waals surface area contributed by atoms with Gasteiger partial charge >= 0.3 is 0 Å². The van der Waals surface area contributed by atoms with Crippen molar-refractivity contribution in [1.29, 1.82) is 0 Å². The van der Waals surface area contributed by atoms with Crippen LogP contribution in [0.4, 0.5) is 0 Å². The molecular formula is C21H32O4. The molecule has 0 amide bonds. The molecule has 8 atom stereocenters. The smallest absolute Gasteiger partial charge is 0.171 e. The summed E-state index contributed by atoms with van der Waals surface area (Å²) in [6, 6.07) is 0. The summed E-state index contributed by atoms with van der Waals surface area (Å²) in [4.78, 5) is 0. The van der Waals surface area contributed by atoms with Gasteiger partial charge in [-0.1, -0.05) is 13.8 Å². The summed E-state index contributed by atoms with van der Waals surface area (Å²) in [5, 5.41) is 10.6. The van der Waals surface area contributed by atoms with Crippen LogP contribution in [-0.4, -0.2) is 41.9 Å². The van der Waals surface area contributed by atoms with Crippen LogP contribution in [0.25, 0.3) is 0 Å². The monoisotopic (exact) mass is 348 g/mol. The van der Waals surface area contributed by atoms with Crippen molar-refractivity contribution in [3.05, 3.63) is 0 Å². The molecule has 0 aromatic rings. The van der Waals surface area contributed by atoms with Gasteiger partial charge in [0.1, 0.15) is 5.60 Å². The van der Waals surface area contributed by atoms with Crippen molar-refractivity contribution in [2.24, 2.45) is 28.6 Å². The Labute approximate surface area is 150 Å². The van der Waals surface area contributed by atoms with E-state index in [-0.39, 0.29) is 28.3 Å². The predicted octanol–water partition coefficient (Wildman–Crippen LogP) is 3.26. The SMILES string of the molecule is C[C@]12CC[C@H]3[C@@H](C[C@H]4O[C@]45CC4(CC[C@]35C)OCCO4)[C@@H]1CC[C@@H]2O. The van der Waals surface area contributed by atoms with Gasteiger partial charge in [0.25, 0.3) is 0 Å². The van der Waals surface area contributed by atoms with Crippen LogP contribution in [0.15, 0.2) is 0 Å². The van der Waals surface area contributed by atoms with Gasteiger partial charge in [0.2, 0.25) is 0 Å². The van der Waals surface area contributed by atoms with E-state index in [1.54, 1.807) is 0 Å². The largest absolute Gasteiger partial charge is 0.393 e. The summed E-state index contributed by atoms with van der Waals surface area (Å²) in [5.41, 5.74) is 0.414. The fraction of sp³-hybridized carbons (Fsp3) is 1.00. The number of hydrogen-bond donors (Lipinski definition) is 1. The highest BCUT2D eigenvalue weighted by molar-refractivity contribution is 5.25. The van der Waals surface area contributed by atoms with Crippen LogP contribution >= 0.6 is 0 Å². The van der Waals surface area contributed by atoms with Gasteiger partial charge in [-0.2, -0.15) is 0 Å². The third-order valence-corrected chi connectivity index (χ3v) is 9.84. The zero-order valence-electron chi connectivity index (χ0n) is 15.6. The Morgan fingerprint density at radius 1 is 0.920 bits per heavy atom. The Kier molecular flexibility index (Phi) is 2.93. The highest BCUT2D eigenvalue weighted by Crippen LogP contribution is 2.74. The fourth-order valence-electron chi connectivity index (χ4n) is 8.34. The summed E-state index contributed by atoms with van der Waals surface area (Å²) in [6.07, 6.45) is 9.29. The molecule has 6 aliphatic rings. The van der Waals surface area contributed by atoms with Gasteiger partial charge in [0.15, 0.2) is 5.79 Å². The minimum atomic E-state index is -0.353. The first-order valence-corrected chi connectivity index (χ1v) is 10.6. The van der Waals surface area contributed by atoms with E-state index in [4.69, 9.17) is 14.2 Å². The van der Waals surface area contributed by atoms with Crippen molar-refractivity contribution >= 4 is 0 Å². The van der Waals surface area contributed by atoms with Gasteiger partial charge in [-0.05, 0) is 61.7 Å². The second-order valence-corrected chi connectivity index (χ2v) is 10.4. The molecule has 2 saturated heterocycles. The number of ether oxygens (including phenoxy) is 3. The van der Waals surface area contributed by atoms with E-state index in [9.17, 15) is 5.11 Å². The maximum Gasteiger partial charge on any atom is 0.171 e. The van der Waals surface area contributed by atoms with Gasteiger partial charge < -0.3 is 19.3 Å². The second-order valence-electron chi connectivity index (χ2n) is 10.4. The molecule has 4 nitrogen and oxygen atoms in total. The summed E-state index contributed by atoms with van der Waals surface area (Å²) in [5.74, 6) is 1.82. The Morgan fingerprint density at radius 2 is 1.72 bits per heavy atom. The molecule has 25 heavy (non-hydrogen) atoms. The fourth-order valence-corrected chi connectivity index (χ4v) is 8.34. The molecule has 2 heterocycles. The first kappa shape index (κ1) is 15.9. The molecular weight excluding hydrogens is 316 g/mol. The van der Waals surface area contributed by atoms with E-state index in [1.165, 1.54) is 25.7 Å². The molecule has 6 fully saturated rings. The lowest BCUT2D eigenvalue weighted by Crippen LogP contribution is -2.61. The first-order valence-electron chi connectivity index (χ1n) is 10.6. The average Bonchev–Trinajstić information content (AvgIpc) is 2.94. The number of aliphatic hydroxyl groups excluding tert-OH is 1. The van der Waals surface area contributed by atoms with Crippen LogP contribution < -0.4 is 0 Å². The highest BCUT2D eigenvalue weighted by Gasteiger charge is 2.78. The van der Waals surface area contributed by atoms with E-state index in [0.29, 0.717) is 12.0 Å². The maximum absolute atomic E-state index is 10.6. The maximum atomic E-state index is 10.6. The summed E-state index contributed by atoms with van der Waals surface area (Å²) in [7, 11) is 0. The molecule has 0 bridgehead atoms. The van der Waals surface area contributed by atoms with Crippen LogP contribution in [0.2, 0.25) is 0 Å². The minimum absolute atomic E-state index is 0.00170. The summed E-state index contributed by atoms with van der Waals surface area (Å²) >= 11 is 0. The van der Waals surface area contributed by atoms with Crippen molar-refractivity contribution in [2.45, 2.75) is 88.8 Å². The average molecular weight is 348 g/mol. The molecule has 4 heteroatoms. The number of aliphatic hydroxyl groups is 1. The van der Waals surface area contributed by atoms with Gasteiger partial charge in [-0.3, -0.25) is 0 Å². The molecule has 2 spiro atoms. The van der Waals surface area contributed by atoms with Crippen molar-refractivity contribution in [1.82, 2.24) is 0 Å². The zero-order chi connectivity index (χ0) is 17.1.